The summed E-state index contributed by atoms with van der Waals surface area (Å²) in [5.41, 5.74) is 1.06. The molecule has 0 aliphatic carbocycles. The molecule has 1 heterocycles. The van der Waals surface area contributed by atoms with Crippen molar-refractivity contribution in [1.29, 1.82) is 0 Å². The summed E-state index contributed by atoms with van der Waals surface area (Å²) in [4.78, 5) is 25.1. The van der Waals surface area contributed by atoms with E-state index in [2.05, 4.69) is 0 Å². The molecule has 0 fully saturated rings. The molecule has 0 amide bonds. The molecule has 2 aromatic carbocycles. The quantitative estimate of drug-likeness (QED) is 0.625. The van der Waals surface area contributed by atoms with Crippen LogP contribution in [0.25, 0.3) is 0 Å². The van der Waals surface area contributed by atoms with Crippen LogP contribution in [0.3, 0.4) is 0 Å². The first-order valence-corrected chi connectivity index (χ1v) is 7.55. The van der Waals surface area contributed by atoms with Gasteiger partial charge < -0.3 is 14.2 Å². The van der Waals surface area contributed by atoms with Crippen LogP contribution in [0.2, 0.25) is 0 Å². The molecule has 0 saturated carbocycles. The van der Waals surface area contributed by atoms with E-state index in [9.17, 15) is 9.59 Å². The average molecular weight is 324 g/mol. The fourth-order valence-corrected chi connectivity index (χ4v) is 2.30. The van der Waals surface area contributed by atoms with Crippen LogP contribution in [0.15, 0.2) is 72.7 Å². The summed E-state index contributed by atoms with van der Waals surface area (Å²) in [6, 6.07) is 17.6. The molecule has 122 valence electrons. The maximum atomic E-state index is 12.8. The van der Waals surface area contributed by atoms with E-state index in [4.69, 9.17) is 14.2 Å². The van der Waals surface area contributed by atoms with E-state index in [1.165, 1.54) is 6.26 Å². The highest BCUT2D eigenvalue weighted by atomic mass is 16.6. The zero-order valence-electron chi connectivity index (χ0n) is 12.9. The zero-order valence-corrected chi connectivity index (χ0v) is 12.9. The molecule has 5 heteroatoms. The first-order chi connectivity index (χ1) is 11.8. The Bertz CT molecular complexity index is 737. The number of rotatable bonds is 5. The van der Waals surface area contributed by atoms with Crippen molar-refractivity contribution in [2.75, 3.05) is 13.2 Å². The average Bonchev–Trinajstić information content (AvgIpc) is 2.67. The van der Waals surface area contributed by atoms with Crippen LogP contribution in [0.1, 0.15) is 22.0 Å². The van der Waals surface area contributed by atoms with Crippen LogP contribution in [0.5, 0.6) is 0 Å². The second kappa shape index (κ2) is 7.46. The Morgan fingerprint density at radius 2 is 1.58 bits per heavy atom. The number of ether oxygens (including phenoxy) is 3. The van der Waals surface area contributed by atoms with E-state index < -0.39 is 12.1 Å². The van der Waals surface area contributed by atoms with Crippen LogP contribution < -0.4 is 0 Å². The van der Waals surface area contributed by atoms with Gasteiger partial charge in [0.1, 0.15) is 19.5 Å². The maximum Gasteiger partial charge on any atom is 0.377 e. The van der Waals surface area contributed by atoms with Crippen LogP contribution in [-0.2, 0) is 19.0 Å². The van der Waals surface area contributed by atoms with Gasteiger partial charge in [0, 0.05) is 11.1 Å². The van der Waals surface area contributed by atoms with E-state index in [1.54, 1.807) is 48.5 Å². The van der Waals surface area contributed by atoms with Crippen molar-refractivity contribution < 1.29 is 23.8 Å². The van der Waals surface area contributed by atoms with Gasteiger partial charge in [0.15, 0.2) is 6.10 Å². The predicted octanol–water partition coefficient (Wildman–Crippen LogP) is 3.04. The Hall–Kier alpha value is -3.08. The van der Waals surface area contributed by atoms with Crippen molar-refractivity contribution in [2.24, 2.45) is 0 Å². The molecule has 1 atom stereocenters. The number of carbonyl (C=O) groups excluding carboxylic acids is 2. The van der Waals surface area contributed by atoms with Crippen molar-refractivity contribution in [1.82, 2.24) is 0 Å². The summed E-state index contributed by atoms with van der Waals surface area (Å²) in [6.07, 6.45) is 0.161. The molecule has 0 bridgehead atoms. The lowest BCUT2D eigenvalue weighted by Crippen LogP contribution is -2.23. The van der Waals surface area contributed by atoms with E-state index in [1.807, 2.05) is 12.1 Å². The number of Topliss-reactive ketones (excluding diaryl/α,β-unsaturated/α-hetero) is 1. The molecule has 0 N–H and O–H groups in total. The summed E-state index contributed by atoms with van der Waals surface area (Å²) >= 11 is 0. The van der Waals surface area contributed by atoms with Gasteiger partial charge >= 0.3 is 5.97 Å². The summed E-state index contributed by atoms with van der Waals surface area (Å²) in [5, 5.41) is 0. The van der Waals surface area contributed by atoms with Gasteiger partial charge in [0.25, 0.3) is 0 Å². The summed E-state index contributed by atoms with van der Waals surface area (Å²) in [6.45, 7) is 0.644. The minimum Gasteiger partial charge on any atom is -0.493 e. The molecule has 1 aliphatic heterocycles. The third kappa shape index (κ3) is 3.63. The molecule has 5 nitrogen and oxygen atoms in total. The largest absolute Gasteiger partial charge is 0.493 e. The lowest BCUT2D eigenvalue weighted by Gasteiger charge is -2.20. The Labute approximate surface area is 139 Å². The van der Waals surface area contributed by atoms with Crippen molar-refractivity contribution in [3.05, 3.63) is 83.8 Å². The molecule has 0 unspecified atom stereocenters. The standard InChI is InChI=1S/C19H16O5/c20-17(14-7-3-1-4-8-14)18(15-9-5-2-6-10-15)24-19(21)16-13-22-11-12-23-16/h1-10,13,18H,11-12H2/t18-/m1/s1. The second-order valence-electron chi connectivity index (χ2n) is 5.13. The first-order valence-electron chi connectivity index (χ1n) is 7.55. The fraction of sp³-hybridized carbons (Fsp3) is 0.158. The van der Waals surface area contributed by atoms with E-state index in [0.717, 1.165) is 0 Å². The molecule has 0 spiro atoms. The molecular weight excluding hydrogens is 308 g/mol. The number of ketones is 1. The first kappa shape index (κ1) is 15.8. The van der Waals surface area contributed by atoms with Gasteiger partial charge in [-0.3, -0.25) is 4.79 Å². The molecule has 0 radical (unpaired) electrons. The van der Waals surface area contributed by atoms with Crippen LogP contribution >= 0.6 is 0 Å². The Kier molecular flexibility index (Phi) is 4.91. The van der Waals surface area contributed by atoms with Gasteiger partial charge in [-0.15, -0.1) is 0 Å². The van der Waals surface area contributed by atoms with Crippen molar-refractivity contribution >= 4 is 11.8 Å². The molecule has 24 heavy (non-hydrogen) atoms. The van der Waals surface area contributed by atoms with Crippen molar-refractivity contribution in [2.45, 2.75) is 6.10 Å². The Balaban J connectivity index is 1.87. The minimum atomic E-state index is -1.05. The minimum absolute atomic E-state index is 0.0388. The van der Waals surface area contributed by atoms with Crippen molar-refractivity contribution in [3.63, 3.8) is 0 Å². The Morgan fingerprint density at radius 3 is 2.21 bits per heavy atom. The van der Waals surface area contributed by atoms with Gasteiger partial charge in [-0.05, 0) is 0 Å². The third-order valence-electron chi connectivity index (χ3n) is 3.47. The molecule has 0 aromatic heterocycles. The number of benzene rings is 2. The molecule has 1 aliphatic rings. The SMILES string of the molecule is O=C(O[C@@H](C(=O)c1ccccc1)c1ccccc1)C1=COCCO1. The molecule has 2 aromatic rings. The molecule has 0 saturated heterocycles. The highest BCUT2D eigenvalue weighted by Gasteiger charge is 2.28. The fourth-order valence-electron chi connectivity index (χ4n) is 2.30. The monoisotopic (exact) mass is 324 g/mol. The topological polar surface area (TPSA) is 61.8 Å². The van der Waals surface area contributed by atoms with Gasteiger partial charge in [-0.2, -0.15) is 0 Å². The molecule has 3 rings (SSSR count). The third-order valence-corrected chi connectivity index (χ3v) is 3.47. The predicted molar refractivity (Wildman–Crippen MR) is 86.0 cm³/mol. The normalized spacial score (nSPS) is 14.6. The number of hydrogen-bond acceptors (Lipinski definition) is 5. The summed E-state index contributed by atoms with van der Waals surface area (Å²) in [7, 11) is 0. The lowest BCUT2D eigenvalue weighted by molar-refractivity contribution is -0.148. The van der Waals surface area contributed by atoms with E-state index >= 15 is 0 Å². The smallest absolute Gasteiger partial charge is 0.377 e. The van der Waals surface area contributed by atoms with Crippen molar-refractivity contribution in [3.8, 4) is 0 Å². The van der Waals surface area contributed by atoms with Crippen LogP contribution in [0.4, 0.5) is 0 Å². The molecular formula is C19H16O5. The number of carbonyl (C=O) groups is 2. The van der Waals surface area contributed by atoms with Gasteiger partial charge in [0.05, 0.1) is 0 Å². The highest BCUT2D eigenvalue weighted by Crippen LogP contribution is 2.24. The Morgan fingerprint density at radius 1 is 0.917 bits per heavy atom. The van der Waals surface area contributed by atoms with Crippen LogP contribution in [-0.4, -0.2) is 25.0 Å². The summed E-state index contributed by atoms with van der Waals surface area (Å²) < 4.78 is 15.7. The number of esters is 1. The van der Waals surface area contributed by atoms with Crippen LogP contribution in [0, 0.1) is 0 Å². The number of hydrogen-bond donors (Lipinski definition) is 0. The maximum absolute atomic E-state index is 12.8. The summed E-state index contributed by atoms with van der Waals surface area (Å²) in [5.74, 6) is -1.07. The zero-order chi connectivity index (χ0) is 16.8. The van der Waals surface area contributed by atoms with Gasteiger partial charge in [0.2, 0.25) is 11.5 Å². The second-order valence-corrected chi connectivity index (χ2v) is 5.13. The highest BCUT2D eigenvalue weighted by molar-refractivity contribution is 6.01. The lowest BCUT2D eigenvalue weighted by atomic mass is 10.00. The van der Waals surface area contributed by atoms with Gasteiger partial charge in [-0.25, -0.2) is 4.79 Å². The van der Waals surface area contributed by atoms with Gasteiger partial charge in [-0.1, -0.05) is 60.7 Å². The van der Waals surface area contributed by atoms with E-state index in [-0.39, 0.29) is 18.1 Å². The van der Waals surface area contributed by atoms with E-state index in [0.29, 0.717) is 17.7 Å².